The Kier molecular flexibility index (Phi) is 5.05. The van der Waals surface area contributed by atoms with Crippen molar-refractivity contribution in [2.24, 2.45) is 0 Å². The van der Waals surface area contributed by atoms with Gasteiger partial charge in [0.15, 0.2) is 5.82 Å². The van der Waals surface area contributed by atoms with Crippen molar-refractivity contribution >= 4 is 23.8 Å². The lowest BCUT2D eigenvalue weighted by molar-refractivity contribution is -0.141. The summed E-state index contributed by atoms with van der Waals surface area (Å²) < 4.78 is 4.84. The van der Waals surface area contributed by atoms with Crippen LogP contribution in [0.2, 0.25) is 0 Å². The molecule has 2 N–H and O–H groups in total. The lowest BCUT2D eigenvalue weighted by atomic mass is 10.2. The lowest BCUT2D eigenvalue weighted by Crippen LogP contribution is -2.50. The van der Waals surface area contributed by atoms with Crippen molar-refractivity contribution in [3.8, 4) is 0 Å². The molecule has 0 aliphatic carbocycles. The minimum absolute atomic E-state index is 0.0986. The van der Waals surface area contributed by atoms with Gasteiger partial charge >= 0.3 is 12.0 Å². The van der Waals surface area contributed by atoms with Crippen LogP contribution >= 0.6 is 11.8 Å². The molecule has 2 unspecified atom stereocenters. The molecule has 1 aromatic heterocycles. The number of aryl methyl sites for hydroxylation is 1. The average molecular weight is 314 g/mol. The Hall–Kier alpha value is -1.77. The van der Waals surface area contributed by atoms with Crippen molar-refractivity contribution in [1.82, 2.24) is 20.4 Å². The number of carboxylic acids is 1. The first-order valence-corrected chi connectivity index (χ1v) is 7.77. The SMILES string of the molecule is CCC1SCC(C(=O)O)N1C(=O)NCCc1noc(C)n1. The van der Waals surface area contributed by atoms with Gasteiger partial charge < -0.3 is 14.9 Å². The molecule has 8 nitrogen and oxygen atoms in total. The van der Waals surface area contributed by atoms with E-state index in [1.807, 2.05) is 6.92 Å². The molecule has 2 atom stereocenters. The monoisotopic (exact) mass is 314 g/mol. The minimum atomic E-state index is -0.970. The maximum Gasteiger partial charge on any atom is 0.327 e. The number of carbonyl (C=O) groups is 2. The molecule has 0 aromatic carbocycles. The average Bonchev–Trinajstić information content (AvgIpc) is 3.04. The van der Waals surface area contributed by atoms with Crippen LogP contribution in [-0.4, -0.2) is 55.9 Å². The van der Waals surface area contributed by atoms with Crippen LogP contribution in [0, 0.1) is 6.92 Å². The molecule has 2 amide bonds. The highest BCUT2D eigenvalue weighted by Gasteiger charge is 2.40. The summed E-state index contributed by atoms with van der Waals surface area (Å²) in [7, 11) is 0. The number of thioether (sulfide) groups is 1. The van der Waals surface area contributed by atoms with Crippen molar-refractivity contribution in [3.63, 3.8) is 0 Å². The van der Waals surface area contributed by atoms with Gasteiger partial charge in [0.2, 0.25) is 5.89 Å². The second kappa shape index (κ2) is 6.79. The minimum Gasteiger partial charge on any atom is -0.480 e. The van der Waals surface area contributed by atoms with E-state index in [1.54, 1.807) is 6.92 Å². The Labute approximate surface area is 126 Å². The molecule has 2 heterocycles. The Morgan fingerprint density at radius 1 is 1.57 bits per heavy atom. The number of aliphatic carboxylic acids is 1. The number of carboxylic acid groups (broad SMARTS) is 1. The predicted molar refractivity (Wildman–Crippen MR) is 75.9 cm³/mol. The fourth-order valence-corrected chi connectivity index (χ4v) is 3.50. The van der Waals surface area contributed by atoms with Crippen molar-refractivity contribution in [3.05, 3.63) is 11.7 Å². The Morgan fingerprint density at radius 3 is 2.90 bits per heavy atom. The second-order valence-corrected chi connectivity index (χ2v) is 5.88. The molecule has 0 bridgehead atoms. The smallest absolute Gasteiger partial charge is 0.327 e. The van der Waals surface area contributed by atoms with E-state index in [2.05, 4.69) is 15.5 Å². The summed E-state index contributed by atoms with van der Waals surface area (Å²) in [5, 5.41) is 15.5. The molecule has 0 spiro atoms. The van der Waals surface area contributed by atoms with E-state index in [9.17, 15) is 14.7 Å². The number of rotatable bonds is 5. The van der Waals surface area contributed by atoms with Gasteiger partial charge in [0.25, 0.3) is 0 Å². The van der Waals surface area contributed by atoms with Gasteiger partial charge in [-0.2, -0.15) is 4.98 Å². The van der Waals surface area contributed by atoms with E-state index < -0.39 is 12.0 Å². The first kappa shape index (κ1) is 15.6. The number of hydrogen-bond donors (Lipinski definition) is 2. The van der Waals surface area contributed by atoms with E-state index in [0.717, 1.165) is 0 Å². The maximum absolute atomic E-state index is 12.2. The summed E-state index contributed by atoms with van der Waals surface area (Å²) in [5.41, 5.74) is 0. The normalized spacial score (nSPS) is 21.5. The van der Waals surface area contributed by atoms with Crippen LogP contribution in [0.1, 0.15) is 25.1 Å². The van der Waals surface area contributed by atoms with E-state index >= 15 is 0 Å². The van der Waals surface area contributed by atoms with E-state index in [0.29, 0.717) is 36.9 Å². The fraction of sp³-hybridized carbons (Fsp3) is 0.667. The second-order valence-electron chi connectivity index (χ2n) is 4.67. The molecular weight excluding hydrogens is 296 g/mol. The first-order valence-electron chi connectivity index (χ1n) is 6.72. The molecule has 1 saturated heterocycles. The van der Waals surface area contributed by atoms with Gasteiger partial charge in [-0.25, -0.2) is 9.59 Å². The van der Waals surface area contributed by atoms with Gasteiger partial charge in [-0.3, -0.25) is 4.90 Å². The van der Waals surface area contributed by atoms with Gasteiger partial charge in [-0.15, -0.1) is 11.8 Å². The van der Waals surface area contributed by atoms with Gasteiger partial charge in [0.1, 0.15) is 6.04 Å². The molecular formula is C12H18N4O4S. The standard InChI is InChI=1S/C12H18N4O4S/c1-3-10-16(8(6-21-10)11(17)18)12(19)13-5-4-9-14-7(2)20-15-9/h8,10H,3-6H2,1-2H3,(H,13,19)(H,17,18). The molecule has 116 valence electrons. The summed E-state index contributed by atoms with van der Waals surface area (Å²) in [6.07, 6.45) is 1.16. The van der Waals surface area contributed by atoms with Crippen LogP contribution in [0.5, 0.6) is 0 Å². The number of urea groups is 1. The van der Waals surface area contributed by atoms with Crippen LogP contribution in [0.4, 0.5) is 4.79 Å². The van der Waals surface area contributed by atoms with Gasteiger partial charge in [0, 0.05) is 25.6 Å². The Morgan fingerprint density at radius 2 is 2.33 bits per heavy atom. The van der Waals surface area contributed by atoms with E-state index in [1.165, 1.54) is 16.7 Å². The third-order valence-corrected chi connectivity index (χ3v) is 4.61. The summed E-state index contributed by atoms with van der Waals surface area (Å²) in [6, 6.07) is -1.13. The highest BCUT2D eigenvalue weighted by molar-refractivity contribution is 8.00. The zero-order valence-corrected chi connectivity index (χ0v) is 12.7. The number of nitrogens with zero attached hydrogens (tertiary/aromatic N) is 3. The van der Waals surface area contributed by atoms with Crippen LogP contribution in [-0.2, 0) is 11.2 Å². The summed E-state index contributed by atoms with van der Waals surface area (Å²) in [6.45, 7) is 3.96. The van der Waals surface area contributed by atoms with Crippen LogP contribution in [0.15, 0.2) is 4.52 Å². The molecule has 1 fully saturated rings. The number of nitrogens with one attached hydrogen (secondary N) is 1. The van der Waals surface area contributed by atoms with Crippen molar-refractivity contribution in [1.29, 1.82) is 0 Å². The van der Waals surface area contributed by atoms with Crippen LogP contribution in [0.3, 0.4) is 0 Å². The molecule has 0 saturated carbocycles. The zero-order chi connectivity index (χ0) is 15.4. The van der Waals surface area contributed by atoms with Crippen molar-refractivity contribution in [2.45, 2.75) is 38.1 Å². The molecule has 21 heavy (non-hydrogen) atoms. The van der Waals surface area contributed by atoms with Gasteiger partial charge in [0.05, 0.1) is 5.37 Å². The third-order valence-electron chi connectivity index (χ3n) is 3.16. The highest BCUT2D eigenvalue weighted by atomic mass is 32.2. The topological polar surface area (TPSA) is 109 Å². The summed E-state index contributed by atoms with van der Waals surface area (Å²) >= 11 is 1.49. The number of carbonyl (C=O) groups excluding carboxylic acids is 1. The quantitative estimate of drug-likeness (QED) is 0.830. The van der Waals surface area contributed by atoms with Crippen LogP contribution < -0.4 is 5.32 Å². The van der Waals surface area contributed by atoms with Crippen molar-refractivity contribution in [2.75, 3.05) is 12.3 Å². The largest absolute Gasteiger partial charge is 0.480 e. The number of aromatic nitrogens is 2. The molecule has 2 rings (SSSR count). The number of amides is 2. The van der Waals surface area contributed by atoms with E-state index in [-0.39, 0.29) is 11.4 Å². The Bertz CT molecular complexity index is 521. The summed E-state index contributed by atoms with van der Waals surface area (Å²) in [4.78, 5) is 28.9. The third kappa shape index (κ3) is 3.66. The number of hydrogen-bond acceptors (Lipinski definition) is 6. The predicted octanol–water partition coefficient (Wildman–Crippen LogP) is 0.868. The first-order chi connectivity index (χ1) is 10.0. The Balaban J connectivity index is 1.89. The van der Waals surface area contributed by atoms with Crippen LogP contribution in [0.25, 0.3) is 0 Å². The zero-order valence-electron chi connectivity index (χ0n) is 11.9. The van der Waals surface area contributed by atoms with E-state index in [4.69, 9.17) is 4.52 Å². The lowest BCUT2D eigenvalue weighted by Gasteiger charge is -2.26. The van der Waals surface area contributed by atoms with Gasteiger partial charge in [-0.1, -0.05) is 12.1 Å². The summed E-state index contributed by atoms with van der Waals surface area (Å²) in [5.74, 6) is 0.447. The molecule has 1 aromatic rings. The van der Waals surface area contributed by atoms with Gasteiger partial charge in [-0.05, 0) is 6.42 Å². The highest BCUT2D eigenvalue weighted by Crippen LogP contribution is 2.31. The maximum atomic E-state index is 12.2. The van der Waals surface area contributed by atoms with Crippen molar-refractivity contribution < 1.29 is 19.2 Å². The molecule has 0 radical (unpaired) electrons. The molecule has 9 heteroatoms. The fourth-order valence-electron chi connectivity index (χ4n) is 2.16. The molecule has 1 aliphatic heterocycles. The molecule has 1 aliphatic rings.